The van der Waals surface area contributed by atoms with Crippen LogP contribution < -0.4 is 9.47 Å². The Balaban J connectivity index is 2.13. The largest absolute Gasteiger partial charge is 0.496 e. The molecule has 7 heteroatoms. The second-order valence-corrected chi connectivity index (χ2v) is 9.52. The minimum Gasteiger partial charge on any atom is -0.496 e. The summed E-state index contributed by atoms with van der Waals surface area (Å²) in [6, 6.07) is 5.34. The molecule has 1 aromatic carbocycles. The van der Waals surface area contributed by atoms with Gasteiger partial charge in [0.15, 0.2) is 0 Å². The molecular formula is C24H35NO6. The van der Waals surface area contributed by atoms with E-state index in [1.165, 1.54) is 6.08 Å². The highest BCUT2D eigenvalue weighted by Gasteiger charge is 2.32. The van der Waals surface area contributed by atoms with E-state index in [0.717, 1.165) is 12.8 Å². The molecule has 0 saturated carbocycles. The van der Waals surface area contributed by atoms with Crippen LogP contribution in [0, 0.1) is 0 Å². The number of hydrogen-bond donors (Lipinski definition) is 0. The van der Waals surface area contributed by atoms with E-state index in [9.17, 15) is 9.59 Å². The van der Waals surface area contributed by atoms with Gasteiger partial charge in [-0.3, -0.25) is 0 Å². The monoisotopic (exact) mass is 433 g/mol. The summed E-state index contributed by atoms with van der Waals surface area (Å²) in [5, 5.41) is 0. The fraction of sp³-hybridized carbons (Fsp3) is 0.583. The first kappa shape index (κ1) is 24.6. The standard InChI is InChI=1S/C24H35NO6/c1-23(2,3)30-21(26)14-13-18-19(28-7)11-8-12-20(18)29-16-17-10-9-15-25(17)22(27)31-24(4,5)6/h8,11-14,17H,9-10,15-16H2,1-7H3/b14-13+. The number of methoxy groups -OCH3 is 1. The van der Waals surface area contributed by atoms with Crippen molar-refractivity contribution < 1.29 is 28.5 Å². The van der Waals surface area contributed by atoms with Crippen molar-refractivity contribution in [1.82, 2.24) is 4.90 Å². The molecule has 0 spiro atoms. The Morgan fingerprint density at radius 1 is 1.06 bits per heavy atom. The van der Waals surface area contributed by atoms with Gasteiger partial charge in [-0.1, -0.05) is 6.07 Å². The average Bonchev–Trinajstić information content (AvgIpc) is 3.10. The van der Waals surface area contributed by atoms with Crippen molar-refractivity contribution in [2.75, 3.05) is 20.3 Å². The quantitative estimate of drug-likeness (QED) is 0.473. The number of benzene rings is 1. The Labute approximate surface area is 185 Å². The minimum atomic E-state index is -0.574. The van der Waals surface area contributed by atoms with Crippen molar-refractivity contribution in [3.05, 3.63) is 29.8 Å². The summed E-state index contributed by atoms with van der Waals surface area (Å²) < 4.78 is 22.4. The summed E-state index contributed by atoms with van der Waals surface area (Å²) in [6.45, 7) is 12.0. The molecule has 1 atom stereocenters. The molecule has 0 aliphatic carbocycles. The molecule has 0 N–H and O–H groups in total. The average molecular weight is 434 g/mol. The Kier molecular flexibility index (Phi) is 7.98. The lowest BCUT2D eigenvalue weighted by molar-refractivity contribution is -0.148. The molecule has 0 radical (unpaired) electrons. The predicted octanol–water partition coefficient (Wildman–Crippen LogP) is 4.83. The number of nitrogens with zero attached hydrogens (tertiary/aromatic N) is 1. The van der Waals surface area contributed by atoms with E-state index < -0.39 is 17.2 Å². The van der Waals surface area contributed by atoms with Crippen molar-refractivity contribution in [2.45, 2.75) is 71.6 Å². The first-order chi connectivity index (χ1) is 14.4. The Morgan fingerprint density at radius 2 is 1.71 bits per heavy atom. The zero-order valence-electron chi connectivity index (χ0n) is 19.7. The van der Waals surface area contributed by atoms with Gasteiger partial charge in [-0.15, -0.1) is 0 Å². The SMILES string of the molecule is COc1cccc(OCC2CCCN2C(=O)OC(C)(C)C)c1/C=C/C(=O)OC(C)(C)C. The number of carbonyl (C=O) groups excluding carboxylic acids is 2. The van der Waals surface area contributed by atoms with Crippen LogP contribution in [0.5, 0.6) is 11.5 Å². The molecule has 7 nitrogen and oxygen atoms in total. The van der Waals surface area contributed by atoms with Gasteiger partial charge >= 0.3 is 12.1 Å². The van der Waals surface area contributed by atoms with Gasteiger partial charge in [-0.05, 0) is 72.6 Å². The third kappa shape index (κ3) is 7.81. The highest BCUT2D eigenvalue weighted by molar-refractivity contribution is 5.88. The first-order valence-electron chi connectivity index (χ1n) is 10.6. The smallest absolute Gasteiger partial charge is 0.410 e. The molecular weight excluding hydrogens is 398 g/mol. The molecule has 172 valence electrons. The molecule has 1 saturated heterocycles. The van der Waals surface area contributed by atoms with Crippen molar-refractivity contribution in [2.24, 2.45) is 0 Å². The van der Waals surface area contributed by atoms with Gasteiger partial charge in [0.1, 0.15) is 29.3 Å². The Hall–Kier alpha value is -2.70. The number of ether oxygens (including phenoxy) is 4. The minimum absolute atomic E-state index is 0.0799. The van der Waals surface area contributed by atoms with Crippen LogP contribution in [0.3, 0.4) is 0 Å². The van der Waals surface area contributed by atoms with Crippen LogP contribution in [0.1, 0.15) is 59.9 Å². The van der Waals surface area contributed by atoms with E-state index >= 15 is 0 Å². The first-order valence-corrected chi connectivity index (χ1v) is 10.6. The molecule has 31 heavy (non-hydrogen) atoms. The summed E-state index contributed by atoms with van der Waals surface area (Å²) in [5.41, 5.74) is -0.482. The maximum absolute atomic E-state index is 12.5. The fourth-order valence-corrected chi connectivity index (χ4v) is 3.24. The molecule has 1 unspecified atom stereocenters. The van der Waals surface area contributed by atoms with Crippen molar-refractivity contribution in [3.8, 4) is 11.5 Å². The van der Waals surface area contributed by atoms with Crippen LogP contribution in [0.15, 0.2) is 24.3 Å². The molecule has 0 aromatic heterocycles. The Bertz CT molecular complexity index is 803. The zero-order valence-corrected chi connectivity index (χ0v) is 19.7. The van der Waals surface area contributed by atoms with E-state index in [0.29, 0.717) is 30.2 Å². The highest BCUT2D eigenvalue weighted by Crippen LogP contribution is 2.31. The predicted molar refractivity (Wildman–Crippen MR) is 119 cm³/mol. The van der Waals surface area contributed by atoms with E-state index in [4.69, 9.17) is 18.9 Å². The number of likely N-dealkylation sites (tertiary alicyclic amines) is 1. The summed E-state index contributed by atoms with van der Waals surface area (Å²) in [7, 11) is 1.56. The van der Waals surface area contributed by atoms with E-state index in [1.807, 2.05) is 53.7 Å². The second-order valence-electron chi connectivity index (χ2n) is 9.52. The molecule has 1 aromatic rings. The Morgan fingerprint density at radius 3 is 2.32 bits per heavy atom. The third-order valence-electron chi connectivity index (χ3n) is 4.48. The van der Waals surface area contributed by atoms with E-state index in [2.05, 4.69) is 0 Å². The summed E-state index contributed by atoms with van der Waals surface area (Å²) in [6.07, 6.45) is 4.40. The molecule has 1 aliphatic heterocycles. The van der Waals surface area contributed by atoms with Crippen LogP contribution in [0.4, 0.5) is 4.79 Å². The molecule has 2 rings (SSSR count). The zero-order chi connectivity index (χ0) is 23.2. The van der Waals surface area contributed by atoms with Crippen molar-refractivity contribution in [3.63, 3.8) is 0 Å². The lowest BCUT2D eigenvalue weighted by Crippen LogP contribution is -2.42. The number of hydrogen-bond acceptors (Lipinski definition) is 6. The summed E-state index contributed by atoms with van der Waals surface area (Å²) in [4.78, 5) is 26.3. The maximum Gasteiger partial charge on any atom is 0.410 e. The fourth-order valence-electron chi connectivity index (χ4n) is 3.24. The van der Waals surface area contributed by atoms with E-state index in [1.54, 1.807) is 24.2 Å². The van der Waals surface area contributed by atoms with Gasteiger partial charge in [0.2, 0.25) is 0 Å². The normalized spacial score (nSPS) is 17.0. The topological polar surface area (TPSA) is 74.3 Å². The van der Waals surface area contributed by atoms with Gasteiger partial charge in [0.25, 0.3) is 0 Å². The van der Waals surface area contributed by atoms with E-state index in [-0.39, 0.29) is 12.1 Å². The second kappa shape index (κ2) is 10.1. The maximum atomic E-state index is 12.5. The molecule has 1 heterocycles. The van der Waals surface area contributed by atoms with Gasteiger partial charge in [-0.25, -0.2) is 9.59 Å². The van der Waals surface area contributed by atoms with Gasteiger partial charge in [0.05, 0.1) is 18.7 Å². The van der Waals surface area contributed by atoms with Crippen LogP contribution in [0.25, 0.3) is 6.08 Å². The molecule has 1 aliphatic rings. The molecule has 1 fully saturated rings. The molecule has 1 amide bonds. The van der Waals surface area contributed by atoms with Crippen molar-refractivity contribution in [1.29, 1.82) is 0 Å². The van der Waals surface area contributed by atoms with Crippen molar-refractivity contribution >= 4 is 18.1 Å². The number of amides is 1. The van der Waals surface area contributed by atoms with Crippen LogP contribution >= 0.6 is 0 Å². The third-order valence-corrected chi connectivity index (χ3v) is 4.48. The molecule has 0 bridgehead atoms. The van der Waals surface area contributed by atoms with Gasteiger partial charge in [0, 0.05) is 12.6 Å². The number of rotatable bonds is 6. The number of carbonyl (C=O) groups is 2. The highest BCUT2D eigenvalue weighted by atomic mass is 16.6. The lowest BCUT2D eigenvalue weighted by atomic mass is 10.1. The van der Waals surface area contributed by atoms with Gasteiger partial charge in [-0.2, -0.15) is 0 Å². The summed E-state index contributed by atoms with van der Waals surface area (Å²) in [5.74, 6) is 0.694. The summed E-state index contributed by atoms with van der Waals surface area (Å²) >= 11 is 0. The lowest BCUT2D eigenvalue weighted by Gasteiger charge is -2.28. The van der Waals surface area contributed by atoms with Crippen LogP contribution in [-0.2, 0) is 14.3 Å². The number of esters is 1. The van der Waals surface area contributed by atoms with Gasteiger partial charge < -0.3 is 23.8 Å². The van der Waals surface area contributed by atoms with Crippen LogP contribution in [0.2, 0.25) is 0 Å². The van der Waals surface area contributed by atoms with Crippen LogP contribution in [-0.4, -0.2) is 54.5 Å².